The van der Waals surface area contributed by atoms with Crippen LogP contribution in [0.15, 0.2) is 18.2 Å². The lowest BCUT2D eigenvalue weighted by Crippen LogP contribution is -2.41. The van der Waals surface area contributed by atoms with Crippen LogP contribution in [0.1, 0.15) is 26.3 Å². The van der Waals surface area contributed by atoms with Crippen molar-refractivity contribution in [3.8, 4) is 6.07 Å². The highest BCUT2D eigenvalue weighted by Crippen LogP contribution is 2.42. The zero-order chi connectivity index (χ0) is 15.1. The summed E-state index contributed by atoms with van der Waals surface area (Å²) in [6.45, 7) is 5.15. The third-order valence-electron chi connectivity index (χ3n) is 2.88. The van der Waals surface area contributed by atoms with Crippen LogP contribution in [0.5, 0.6) is 0 Å². The average Bonchev–Trinajstić information content (AvgIpc) is 2.57. The van der Waals surface area contributed by atoms with Crippen molar-refractivity contribution < 1.29 is 19.0 Å². The van der Waals surface area contributed by atoms with Crippen molar-refractivity contribution in [1.82, 2.24) is 0 Å². The van der Waals surface area contributed by atoms with Gasteiger partial charge < -0.3 is 4.90 Å². The maximum absolute atomic E-state index is 13.4. The van der Waals surface area contributed by atoms with Gasteiger partial charge in [0.1, 0.15) is 11.9 Å². The van der Waals surface area contributed by atoms with Crippen molar-refractivity contribution >= 4 is 11.6 Å². The quantitative estimate of drug-likeness (QED) is 0.615. The molecule has 1 atom stereocenters. The lowest BCUT2D eigenvalue weighted by atomic mass is 9.97. The average molecular weight is 278 g/mol. The Bertz CT molecular complexity index is 603. The summed E-state index contributed by atoms with van der Waals surface area (Å²) in [7, 11) is 1.50. The van der Waals surface area contributed by atoms with E-state index in [0.717, 1.165) is 6.07 Å². The van der Waals surface area contributed by atoms with Crippen molar-refractivity contribution in [1.29, 1.82) is 5.26 Å². The van der Waals surface area contributed by atoms with E-state index in [1.807, 2.05) is 6.07 Å². The molecule has 0 saturated carbocycles. The molecule has 1 aliphatic heterocycles. The summed E-state index contributed by atoms with van der Waals surface area (Å²) >= 11 is 0. The normalized spacial score (nSPS) is 21.8. The fourth-order valence-electron chi connectivity index (χ4n) is 1.94. The predicted molar refractivity (Wildman–Crippen MR) is 69.0 cm³/mol. The third kappa shape index (κ3) is 2.15. The van der Waals surface area contributed by atoms with Crippen molar-refractivity contribution in [2.24, 2.45) is 0 Å². The molecule has 0 aromatic heterocycles. The first kappa shape index (κ1) is 14.4. The molecule has 1 aromatic rings. The van der Waals surface area contributed by atoms with E-state index < -0.39 is 22.9 Å². The number of carbonyl (C=O) groups is 1. The van der Waals surface area contributed by atoms with Gasteiger partial charge in [0.25, 0.3) is 11.5 Å². The Morgan fingerprint density at radius 2 is 2.05 bits per heavy atom. The molecule has 0 saturated heterocycles. The minimum absolute atomic E-state index is 0.150. The Morgan fingerprint density at radius 3 is 2.60 bits per heavy atom. The fraction of sp³-hybridized carbons (Fsp3) is 0.429. The fourth-order valence-corrected chi connectivity index (χ4v) is 1.94. The number of nitriles is 1. The summed E-state index contributed by atoms with van der Waals surface area (Å²) in [4.78, 5) is 23.9. The number of nitrogens with zero attached hydrogens (tertiary/aromatic N) is 2. The highest BCUT2D eigenvalue weighted by molar-refractivity contribution is 6.08. The summed E-state index contributed by atoms with van der Waals surface area (Å²) in [6, 6.07) is 5.58. The third-order valence-corrected chi connectivity index (χ3v) is 2.88. The van der Waals surface area contributed by atoms with Gasteiger partial charge in [-0.3, -0.25) is 4.79 Å². The Balaban J connectivity index is 2.51. The first-order valence-electron chi connectivity index (χ1n) is 6.07. The minimum atomic E-state index is -1.97. The van der Waals surface area contributed by atoms with Gasteiger partial charge >= 0.3 is 0 Å². The standard InChI is InChI=1S/C14H15FN2O3/c1-13(2,3)19-20-14(8-16)10-7-9(15)5-6-11(10)17(4)12(14)18/h5-7H,1-4H3. The van der Waals surface area contributed by atoms with E-state index in [1.165, 1.54) is 24.1 Å². The van der Waals surface area contributed by atoms with Crippen molar-refractivity contribution in [3.05, 3.63) is 29.6 Å². The second-order valence-corrected chi connectivity index (χ2v) is 5.60. The van der Waals surface area contributed by atoms with Gasteiger partial charge in [-0.1, -0.05) is 0 Å². The zero-order valence-electron chi connectivity index (χ0n) is 11.7. The molecule has 1 heterocycles. The maximum Gasteiger partial charge on any atom is 0.293 e. The molecule has 0 fully saturated rings. The van der Waals surface area contributed by atoms with Crippen LogP contribution in [0.4, 0.5) is 10.1 Å². The number of hydrogen-bond acceptors (Lipinski definition) is 4. The SMILES string of the molecule is CN1C(=O)C(C#N)(OOC(C)(C)C)c2cc(F)ccc21. The molecule has 2 rings (SSSR count). The van der Waals surface area contributed by atoms with Gasteiger partial charge in [-0.2, -0.15) is 10.1 Å². The predicted octanol–water partition coefficient (Wildman–Crippen LogP) is 2.27. The van der Waals surface area contributed by atoms with Crippen LogP contribution in [-0.4, -0.2) is 18.6 Å². The van der Waals surface area contributed by atoms with Crippen molar-refractivity contribution in [2.75, 3.05) is 11.9 Å². The number of hydrogen-bond donors (Lipinski definition) is 0. The van der Waals surface area contributed by atoms with Crippen molar-refractivity contribution in [2.45, 2.75) is 32.0 Å². The Labute approximate surface area is 116 Å². The molecule has 106 valence electrons. The Hall–Kier alpha value is -1.97. The molecule has 0 aliphatic carbocycles. The number of amides is 1. The second-order valence-electron chi connectivity index (χ2n) is 5.60. The van der Waals surface area contributed by atoms with E-state index in [-0.39, 0.29) is 5.56 Å². The number of anilines is 1. The first-order chi connectivity index (χ1) is 9.21. The molecule has 1 amide bonds. The van der Waals surface area contributed by atoms with E-state index in [0.29, 0.717) is 5.69 Å². The van der Waals surface area contributed by atoms with Crippen LogP contribution < -0.4 is 4.90 Å². The lowest BCUT2D eigenvalue weighted by Gasteiger charge is -2.25. The topological polar surface area (TPSA) is 62.6 Å². The van der Waals surface area contributed by atoms with Gasteiger partial charge in [-0.25, -0.2) is 9.28 Å². The van der Waals surface area contributed by atoms with E-state index in [9.17, 15) is 14.4 Å². The molecule has 1 aromatic carbocycles. The monoisotopic (exact) mass is 278 g/mol. The van der Waals surface area contributed by atoms with Crippen LogP contribution in [0.2, 0.25) is 0 Å². The molecular formula is C14H15FN2O3. The van der Waals surface area contributed by atoms with Crippen LogP contribution in [0.25, 0.3) is 0 Å². The molecule has 5 nitrogen and oxygen atoms in total. The van der Waals surface area contributed by atoms with Crippen LogP contribution >= 0.6 is 0 Å². The number of halogens is 1. The summed E-state index contributed by atoms with van der Waals surface area (Å²) in [5.74, 6) is -1.16. The van der Waals surface area contributed by atoms with E-state index in [2.05, 4.69) is 0 Å². The van der Waals surface area contributed by atoms with Crippen LogP contribution in [0.3, 0.4) is 0 Å². The molecule has 0 bridgehead atoms. The van der Waals surface area contributed by atoms with Crippen molar-refractivity contribution in [3.63, 3.8) is 0 Å². The number of carbonyl (C=O) groups excluding carboxylic acids is 1. The maximum atomic E-state index is 13.4. The number of rotatable bonds is 2. The van der Waals surface area contributed by atoms with Crippen LogP contribution in [0, 0.1) is 17.1 Å². The molecule has 6 heteroatoms. The summed E-state index contributed by atoms with van der Waals surface area (Å²) in [6.07, 6.45) is 0. The molecule has 1 aliphatic rings. The van der Waals surface area contributed by atoms with E-state index >= 15 is 0 Å². The molecule has 1 unspecified atom stereocenters. The zero-order valence-corrected chi connectivity index (χ0v) is 11.7. The summed E-state index contributed by atoms with van der Waals surface area (Å²) in [5.41, 5.74) is -2.11. The van der Waals surface area contributed by atoms with Gasteiger partial charge in [0.15, 0.2) is 0 Å². The molecule has 0 spiro atoms. The lowest BCUT2D eigenvalue weighted by molar-refractivity contribution is -0.384. The number of benzene rings is 1. The van der Waals surface area contributed by atoms with E-state index in [4.69, 9.17) is 9.78 Å². The molecule has 0 N–H and O–H groups in total. The minimum Gasteiger partial charge on any atom is -0.311 e. The number of likely N-dealkylation sites (N-methyl/N-ethyl adjacent to an activating group) is 1. The summed E-state index contributed by atoms with van der Waals surface area (Å²) < 4.78 is 13.4. The highest BCUT2D eigenvalue weighted by atomic mass is 19.1. The van der Waals surface area contributed by atoms with Crippen LogP contribution in [-0.2, 0) is 20.2 Å². The summed E-state index contributed by atoms with van der Waals surface area (Å²) in [5, 5.41) is 9.41. The molecular weight excluding hydrogens is 263 g/mol. The first-order valence-corrected chi connectivity index (χ1v) is 6.07. The number of fused-ring (bicyclic) bond motifs is 1. The molecule has 20 heavy (non-hydrogen) atoms. The second kappa shape index (κ2) is 4.54. The smallest absolute Gasteiger partial charge is 0.293 e. The Morgan fingerprint density at radius 1 is 1.40 bits per heavy atom. The van der Waals surface area contributed by atoms with Gasteiger partial charge in [-0.05, 0) is 39.0 Å². The van der Waals surface area contributed by atoms with Gasteiger partial charge in [0.2, 0.25) is 0 Å². The van der Waals surface area contributed by atoms with E-state index in [1.54, 1.807) is 20.8 Å². The molecule has 0 radical (unpaired) electrons. The Kier molecular flexibility index (Phi) is 3.28. The highest BCUT2D eigenvalue weighted by Gasteiger charge is 2.54. The van der Waals surface area contributed by atoms with Gasteiger partial charge in [0, 0.05) is 12.6 Å². The van der Waals surface area contributed by atoms with Gasteiger partial charge in [0.05, 0.1) is 11.3 Å². The van der Waals surface area contributed by atoms with Gasteiger partial charge in [-0.15, -0.1) is 0 Å². The largest absolute Gasteiger partial charge is 0.311 e.